The highest BCUT2D eigenvalue weighted by molar-refractivity contribution is 5.90. The van der Waals surface area contributed by atoms with Crippen LogP contribution in [0.2, 0.25) is 0 Å². The van der Waals surface area contributed by atoms with Crippen molar-refractivity contribution in [3.63, 3.8) is 0 Å². The van der Waals surface area contributed by atoms with Gasteiger partial charge in [0.05, 0.1) is 31.7 Å². The molecule has 154 valence electrons. The Morgan fingerprint density at radius 3 is 2.47 bits per heavy atom. The molecule has 1 aliphatic rings. The largest absolute Gasteiger partial charge is 0.456 e. The molecule has 1 fully saturated rings. The summed E-state index contributed by atoms with van der Waals surface area (Å²) in [7, 11) is 0. The SMILES string of the molecule is O=C(/C=C(\c1ccccc1)N1CCOCC1)OCc1cn(Cc2ccccc2)nn1. The van der Waals surface area contributed by atoms with Gasteiger partial charge >= 0.3 is 5.97 Å². The maximum atomic E-state index is 12.5. The summed E-state index contributed by atoms with van der Waals surface area (Å²) in [5.74, 6) is -0.405. The average Bonchev–Trinajstić information content (AvgIpc) is 3.25. The van der Waals surface area contributed by atoms with Crippen LogP contribution in [0.25, 0.3) is 5.70 Å². The van der Waals surface area contributed by atoms with E-state index in [1.54, 1.807) is 17.0 Å². The molecular weight excluding hydrogens is 380 g/mol. The summed E-state index contributed by atoms with van der Waals surface area (Å²) >= 11 is 0. The second-order valence-electron chi connectivity index (χ2n) is 7.00. The highest BCUT2D eigenvalue weighted by Gasteiger charge is 2.17. The molecule has 1 aromatic heterocycles. The van der Waals surface area contributed by atoms with E-state index in [0.717, 1.165) is 29.9 Å². The van der Waals surface area contributed by atoms with Gasteiger partial charge in [-0.05, 0) is 11.1 Å². The molecule has 0 spiro atoms. The van der Waals surface area contributed by atoms with Crippen LogP contribution in [0, 0.1) is 0 Å². The van der Waals surface area contributed by atoms with Crippen molar-refractivity contribution in [2.75, 3.05) is 26.3 Å². The normalized spacial score (nSPS) is 14.5. The number of morpholine rings is 1. The number of esters is 1. The summed E-state index contributed by atoms with van der Waals surface area (Å²) < 4.78 is 12.6. The van der Waals surface area contributed by atoms with E-state index in [1.165, 1.54) is 0 Å². The van der Waals surface area contributed by atoms with Crippen LogP contribution in [0.5, 0.6) is 0 Å². The summed E-state index contributed by atoms with van der Waals surface area (Å²) in [6.07, 6.45) is 3.35. The zero-order valence-electron chi connectivity index (χ0n) is 16.7. The Balaban J connectivity index is 1.40. The maximum Gasteiger partial charge on any atom is 0.333 e. The molecule has 0 amide bonds. The van der Waals surface area contributed by atoms with Gasteiger partial charge in [0.25, 0.3) is 0 Å². The molecule has 2 heterocycles. The number of carbonyl (C=O) groups excluding carboxylic acids is 1. The lowest BCUT2D eigenvalue weighted by Gasteiger charge is -2.31. The van der Waals surface area contributed by atoms with E-state index >= 15 is 0 Å². The number of aromatic nitrogens is 3. The Morgan fingerprint density at radius 1 is 1.03 bits per heavy atom. The minimum atomic E-state index is -0.405. The van der Waals surface area contributed by atoms with Crippen LogP contribution in [0.3, 0.4) is 0 Å². The van der Waals surface area contributed by atoms with Gasteiger partial charge < -0.3 is 14.4 Å². The van der Waals surface area contributed by atoms with Crippen molar-refractivity contribution in [2.24, 2.45) is 0 Å². The fourth-order valence-electron chi connectivity index (χ4n) is 3.32. The molecule has 0 unspecified atom stereocenters. The van der Waals surface area contributed by atoms with Crippen LogP contribution in [-0.2, 0) is 27.4 Å². The first-order valence-electron chi connectivity index (χ1n) is 9.97. The Labute approximate surface area is 175 Å². The van der Waals surface area contributed by atoms with Crippen LogP contribution < -0.4 is 0 Å². The monoisotopic (exact) mass is 404 g/mol. The lowest BCUT2D eigenvalue weighted by molar-refractivity contribution is -0.139. The highest BCUT2D eigenvalue weighted by atomic mass is 16.5. The molecule has 1 aliphatic heterocycles. The van der Waals surface area contributed by atoms with Crippen molar-refractivity contribution in [3.8, 4) is 0 Å². The number of benzene rings is 2. The smallest absolute Gasteiger partial charge is 0.333 e. The first kappa shape index (κ1) is 19.8. The van der Waals surface area contributed by atoms with Crippen LogP contribution in [0.15, 0.2) is 72.9 Å². The first-order valence-corrected chi connectivity index (χ1v) is 9.97. The number of ether oxygens (including phenoxy) is 2. The van der Waals surface area contributed by atoms with Gasteiger partial charge in [0.2, 0.25) is 0 Å². The third-order valence-electron chi connectivity index (χ3n) is 4.81. The minimum Gasteiger partial charge on any atom is -0.456 e. The lowest BCUT2D eigenvalue weighted by Crippen LogP contribution is -2.35. The Hall–Kier alpha value is -3.45. The molecule has 0 radical (unpaired) electrons. The summed E-state index contributed by atoms with van der Waals surface area (Å²) in [4.78, 5) is 14.7. The first-order chi connectivity index (χ1) is 14.8. The van der Waals surface area contributed by atoms with E-state index in [2.05, 4.69) is 15.2 Å². The van der Waals surface area contributed by atoms with E-state index in [1.807, 2.05) is 60.7 Å². The fourth-order valence-corrected chi connectivity index (χ4v) is 3.32. The molecule has 7 heteroatoms. The molecule has 0 saturated carbocycles. The van der Waals surface area contributed by atoms with Crippen molar-refractivity contribution in [1.82, 2.24) is 19.9 Å². The molecule has 0 bridgehead atoms. The summed E-state index contributed by atoms with van der Waals surface area (Å²) in [6.45, 7) is 3.46. The maximum absolute atomic E-state index is 12.5. The number of nitrogens with zero attached hydrogens (tertiary/aromatic N) is 4. The van der Waals surface area contributed by atoms with Gasteiger partial charge in [-0.1, -0.05) is 65.9 Å². The Kier molecular flexibility index (Phi) is 6.51. The van der Waals surface area contributed by atoms with Crippen LogP contribution in [-0.4, -0.2) is 52.2 Å². The molecule has 0 N–H and O–H groups in total. The van der Waals surface area contributed by atoms with Crippen LogP contribution in [0.4, 0.5) is 0 Å². The van der Waals surface area contributed by atoms with Crippen molar-refractivity contribution in [2.45, 2.75) is 13.2 Å². The second-order valence-corrected chi connectivity index (χ2v) is 7.00. The number of hydrogen-bond donors (Lipinski definition) is 0. The summed E-state index contributed by atoms with van der Waals surface area (Å²) in [6, 6.07) is 19.9. The van der Waals surface area contributed by atoms with Crippen molar-refractivity contribution < 1.29 is 14.3 Å². The molecule has 7 nitrogen and oxygen atoms in total. The number of carbonyl (C=O) groups is 1. The van der Waals surface area contributed by atoms with Gasteiger partial charge in [0, 0.05) is 19.2 Å². The van der Waals surface area contributed by atoms with Crippen molar-refractivity contribution >= 4 is 11.7 Å². The van der Waals surface area contributed by atoms with Crippen molar-refractivity contribution in [1.29, 1.82) is 0 Å². The predicted molar refractivity (Wildman–Crippen MR) is 112 cm³/mol. The highest BCUT2D eigenvalue weighted by Crippen LogP contribution is 2.20. The van der Waals surface area contributed by atoms with Crippen molar-refractivity contribution in [3.05, 3.63) is 89.8 Å². The minimum absolute atomic E-state index is 0.0787. The molecule has 30 heavy (non-hydrogen) atoms. The van der Waals surface area contributed by atoms with E-state index in [-0.39, 0.29) is 6.61 Å². The van der Waals surface area contributed by atoms with Gasteiger partial charge in [-0.2, -0.15) is 0 Å². The van der Waals surface area contributed by atoms with E-state index < -0.39 is 5.97 Å². The van der Waals surface area contributed by atoms with Gasteiger partial charge in [0.15, 0.2) is 0 Å². The lowest BCUT2D eigenvalue weighted by atomic mass is 10.1. The summed E-state index contributed by atoms with van der Waals surface area (Å²) in [5, 5.41) is 8.21. The second kappa shape index (κ2) is 9.84. The van der Waals surface area contributed by atoms with Gasteiger partial charge in [-0.25, -0.2) is 9.48 Å². The summed E-state index contributed by atoms with van der Waals surface area (Å²) in [5.41, 5.74) is 3.56. The quantitative estimate of drug-likeness (QED) is 0.446. The zero-order valence-corrected chi connectivity index (χ0v) is 16.7. The molecule has 0 aliphatic carbocycles. The van der Waals surface area contributed by atoms with E-state index in [9.17, 15) is 4.79 Å². The Morgan fingerprint density at radius 2 is 1.73 bits per heavy atom. The standard InChI is InChI=1S/C23H24N4O3/c28-23(15-22(20-9-5-2-6-10-20)26-11-13-29-14-12-26)30-18-21-17-27(25-24-21)16-19-7-3-1-4-8-19/h1-10,15,17H,11-14,16,18H2/b22-15+. The van der Waals surface area contributed by atoms with E-state index in [4.69, 9.17) is 9.47 Å². The van der Waals surface area contributed by atoms with Crippen LogP contribution >= 0.6 is 0 Å². The van der Waals surface area contributed by atoms with Crippen LogP contribution in [0.1, 0.15) is 16.8 Å². The predicted octanol–water partition coefficient (Wildman–Crippen LogP) is 2.74. The fraction of sp³-hybridized carbons (Fsp3) is 0.261. The van der Waals surface area contributed by atoms with Gasteiger partial charge in [0.1, 0.15) is 12.3 Å². The molecule has 3 aromatic rings. The average molecular weight is 404 g/mol. The van der Waals surface area contributed by atoms with Gasteiger partial charge in [-0.3, -0.25) is 0 Å². The van der Waals surface area contributed by atoms with E-state index in [0.29, 0.717) is 25.5 Å². The topological polar surface area (TPSA) is 69.5 Å². The molecule has 0 atom stereocenters. The molecular formula is C23H24N4O3. The molecule has 1 saturated heterocycles. The van der Waals surface area contributed by atoms with Gasteiger partial charge in [-0.15, -0.1) is 5.10 Å². The number of hydrogen-bond acceptors (Lipinski definition) is 6. The molecule has 4 rings (SSSR count). The third-order valence-corrected chi connectivity index (χ3v) is 4.81. The zero-order chi connectivity index (χ0) is 20.6. The molecule has 2 aromatic carbocycles. The Bertz CT molecular complexity index is 980. The third kappa shape index (κ3) is 5.33. The number of rotatable bonds is 7.